The van der Waals surface area contributed by atoms with Gasteiger partial charge in [0.1, 0.15) is 18.3 Å². The number of benzene rings is 3. The van der Waals surface area contributed by atoms with Gasteiger partial charge in [0.25, 0.3) is 0 Å². The van der Waals surface area contributed by atoms with Crippen molar-refractivity contribution in [3.8, 4) is 5.75 Å². The van der Waals surface area contributed by atoms with Crippen LogP contribution in [0, 0.1) is 0 Å². The van der Waals surface area contributed by atoms with Gasteiger partial charge < -0.3 is 15.0 Å². The summed E-state index contributed by atoms with van der Waals surface area (Å²) in [7, 11) is -2.23. The van der Waals surface area contributed by atoms with Gasteiger partial charge in [-0.15, -0.1) is 0 Å². The normalized spacial score (nSPS) is 11.9. The number of rotatable bonds is 14. The van der Waals surface area contributed by atoms with Gasteiger partial charge in [-0.1, -0.05) is 74.0 Å². The van der Waals surface area contributed by atoms with Crippen molar-refractivity contribution in [1.29, 1.82) is 0 Å². The second kappa shape index (κ2) is 14.3. The minimum Gasteiger partial charge on any atom is -0.497 e. The molecule has 0 aliphatic rings. The number of carbonyl (C=O) groups excluding carboxylic acids is 2. The highest BCUT2D eigenvalue weighted by Gasteiger charge is 2.33. The van der Waals surface area contributed by atoms with Crippen molar-refractivity contribution in [3.63, 3.8) is 0 Å². The number of anilines is 1. The maximum Gasteiger partial charge on any atom is 0.244 e. The lowest BCUT2D eigenvalue weighted by atomic mass is 10.0. The van der Waals surface area contributed by atoms with Gasteiger partial charge in [-0.3, -0.25) is 13.9 Å². The Balaban J connectivity index is 2.03. The molecule has 2 amide bonds. The number of hydrogen-bond donors (Lipinski definition) is 1. The van der Waals surface area contributed by atoms with Crippen LogP contribution in [0.4, 0.5) is 5.69 Å². The average Bonchev–Trinajstić information content (AvgIpc) is 2.94. The van der Waals surface area contributed by atoms with Crippen LogP contribution in [0.5, 0.6) is 5.75 Å². The summed E-state index contributed by atoms with van der Waals surface area (Å²) in [6.45, 7) is 2.18. The first-order valence-corrected chi connectivity index (χ1v) is 14.8. The summed E-state index contributed by atoms with van der Waals surface area (Å²) in [4.78, 5) is 29.1. The monoisotopic (exact) mass is 551 g/mol. The predicted molar refractivity (Wildman–Crippen MR) is 154 cm³/mol. The number of nitrogens with one attached hydrogen (secondary N) is 1. The summed E-state index contributed by atoms with van der Waals surface area (Å²) in [5, 5.41) is 2.97. The molecule has 3 aromatic carbocycles. The molecule has 0 radical (unpaired) electrons. The van der Waals surface area contributed by atoms with Crippen LogP contribution in [0.25, 0.3) is 0 Å². The summed E-state index contributed by atoms with van der Waals surface area (Å²) in [6.07, 6.45) is 3.07. The maximum absolute atomic E-state index is 14.0. The highest BCUT2D eigenvalue weighted by atomic mass is 32.2. The fourth-order valence-corrected chi connectivity index (χ4v) is 5.09. The van der Waals surface area contributed by atoms with E-state index in [1.165, 1.54) is 4.90 Å². The Morgan fingerprint density at radius 2 is 1.56 bits per heavy atom. The number of amides is 2. The first-order chi connectivity index (χ1) is 18.7. The van der Waals surface area contributed by atoms with Crippen molar-refractivity contribution in [2.24, 2.45) is 0 Å². The third kappa shape index (κ3) is 8.85. The van der Waals surface area contributed by atoms with Crippen LogP contribution in [-0.4, -0.2) is 57.6 Å². The number of methoxy groups -OCH3 is 1. The fourth-order valence-electron chi connectivity index (χ4n) is 4.24. The molecule has 3 aromatic rings. The van der Waals surface area contributed by atoms with Crippen LogP contribution in [0.15, 0.2) is 84.9 Å². The Morgan fingerprint density at radius 3 is 2.18 bits per heavy atom. The van der Waals surface area contributed by atoms with Gasteiger partial charge in [-0.25, -0.2) is 8.42 Å². The molecule has 0 bridgehead atoms. The third-order valence-corrected chi connectivity index (χ3v) is 7.45. The van der Waals surface area contributed by atoms with Gasteiger partial charge in [-0.05, 0) is 41.8 Å². The zero-order valence-electron chi connectivity index (χ0n) is 22.7. The molecule has 39 heavy (non-hydrogen) atoms. The number of unbranched alkanes of at least 4 members (excludes halogenated alkanes) is 1. The van der Waals surface area contributed by atoms with Gasteiger partial charge >= 0.3 is 0 Å². The molecule has 1 atom stereocenters. The van der Waals surface area contributed by atoms with Crippen LogP contribution in [0.3, 0.4) is 0 Å². The summed E-state index contributed by atoms with van der Waals surface area (Å²) in [5.74, 6) is -0.151. The zero-order chi connectivity index (χ0) is 28.3. The van der Waals surface area contributed by atoms with Gasteiger partial charge in [0.05, 0.1) is 19.1 Å². The first-order valence-electron chi connectivity index (χ1n) is 13.0. The van der Waals surface area contributed by atoms with Crippen molar-refractivity contribution >= 4 is 27.5 Å². The SMILES string of the molecule is CCCCNC(=O)C(Cc1ccccc1)N(Cc1cccc(OC)c1)C(=O)CN(c1ccccc1)S(C)(=O)=O. The van der Waals surface area contributed by atoms with Crippen molar-refractivity contribution in [2.45, 2.75) is 38.8 Å². The highest BCUT2D eigenvalue weighted by Crippen LogP contribution is 2.21. The summed E-state index contributed by atoms with van der Waals surface area (Å²) in [5.41, 5.74) is 2.02. The topological polar surface area (TPSA) is 96.0 Å². The average molecular weight is 552 g/mol. The Morgan fingerprint density at radius 1 is 0.923 bits per heavy atom. The number of para-hydroxylation sites is 1. The van der Waals surface area contributed by atoms with E-state index < -0.39 is 28.5 Å². The molecular formula is C30H37N3O5S. The van der Waals surface area contributed by atoms with E-state index in [2.05, 4.69) is 5.32 Å². The molecule has 0 fully saturated rings. The molecule has 0 saturated carbocycles. The Kier molecular flexibility index (Phi) is 10.9. The van der Waals surface area contributed by atoms with Crippen molar-refractivity contribution in [3.05, 3.63) is 96.1 Å². The van der Waals surface area contributed by atoms with Crippen LogP contribution in [-0.2, 0) is 32.6 Å². The molecule has 8 nitrogen and oxygen atoms in total. The smallest absolute Gasteiger partial charge is 0.244 e. The van der Waals surface area contributed by atoms with Crippen molar-refractivity contribution in [2.75, 3.05) is 30.8 Å². The number of nitrogens with zero attached hydrogens (tertiary/aromatic N) is 2. The molecule has 0 aliphatic carbocycles. The van der Waals surface area contributed by atoms with E-state index in [4.69, 9.17) is 4.74 Å². The molecule has 3 rings (SSSR count). The predicted octanol–water partition coefficient (Wildman–Crippen LogP) is 4.02. The lowest BCUT2D eigenvalue weighted by molar-refractivity contribution is -0.140. The second-order valence-corrected chi connectivity index (χ2v) is 11.2. The van der Waals surface area contributed by atoms with Gasteiger partial charge in [0.15, 0.2) is 0 Å². The van der Waals surface area contributed by atoms with Gasteiger partial charge in [0.2, 0.25) is 21.8 Å². The first kappa shape index (κ1) is 29.7. The zero-order valence-corrected chi connectivity index (χ0v) is 23.6. The third-order valence-electron chi connectivity index (χ3n) is 6.31. The standard InChI is InChI=1S/C30H37N3O5S/c1-4-5-19-31-30(35)28(21-24-13-8-6-9-14-24)32(22-25-15-12-18-27(20-25)38-2)29(34)23-33(39(3,36)37)26-16-10-7-11-17-26/h6-18,20,28H,4-5,19,21-23H2,1-3H3,(H,31,35). The Labute approximate surface area is 231 Å². The number of carbonyl (C=O) groups is 2. The van der Waals surface area contributed by atoms with E-state index >= 15 is 0 Å². The van der Waals surface area contributed by atoms with Crippen LogP contribution < -0.4 is 14.4 Å². The largest absolute Gasteiger partial charge is 0.497 e. The van der Waals surface area contributed by atoms with Gasteiger partial charge in [0, 0.05) is 19.5 Å². The van der Waals surface area contributed by atoms with E-state index in [0.29, 0.717) is 18.0 Å². The molecule has 9 heteroatoms. The van der Waals surface area contributed by atoms with E-state index in [9.17, 15) is 18.0 Å². The lowest BCUT2D eigenvalue weighted by Gasteiger charge is -2.33. The molecule has 208 valence electrons. The molecule has 0 spiro atoms. The number of sulfonamides is 1. The molecule has 0 saturated heterocycles. The van der Waals surface area contributed by atoms with Crippen LogP contribution >= 0.6 is 0 Å². The minimum absolute atomic E-state index is 0.0983. The number of ether oxygens (including phenoxy) is 1. The molecule has 1 N–H and O–H groups in total. The van der Waals surface area contributed by atoms with E-state index in [-0.39, 0.29) is 18.9 Å². The summed E-state index contributed by atoms with van der Waals surface area (Å²) in [6, 6.07) is 24.4. The Bertz CT molecular complexity index is 1320. The molecule has 0 aliphatic heterocycles. The number of hydrogen-bond acceptors (Lipinski definition) is 5. The molecule has 0 aromatic heterocycles. The molecular weight excluding hydrogens is 514 g/mol. The van der Waals surface area contributed by atoms with E-state index in [1.807, 2.05) is 49.4 Å². The maximum atomic E-state index is 14.0. The fraction of sp³-hybridized carbons (Fsp3) is 0.333. The minimum atomic E-state index is -3.79. The Hall–Kier alpha value is -3.85. The highest BCUT2D eigenvalue weighted by molar-refractivity contribution is 7.92. The summed E-state index contributed by atoms with van der Waals surface area (Å²) >= 11 is 0. The second-order valence-electron chi connectivity index (χ2n) is 9.33. The lowest BCUT2D eigenvalue weighted by Crippen LogP contribution is -2.53. The van der Waals surface area contributed by atoms with Gasteiger partial charge in [-0.2, -0.15) is 0 Å². The van der Waals surface area contributed by atoms with Crippen LogP contribution in [0.2, 0.25) is 0 Å². The molecule has 0 heterocycles. The van der Waals surface area contributed by atoms with Crippen LogP contribution in [0.1, 0.15) is 30.9 Å². The van der Waals surface area contributed by atoms with Crippen molar-refractivity contribution < 1.29 is 22.7 Å². The van der Waals surface area contributed by atoms with E-state index in [0.717, 1.165) is 34.5 Å². The van der Waals surface area contributed by atoms with E-state index in [1.54, 1.807) is 49.6 Å². The molecule has 1 unspecified atom stereocenters. The van der Waals surface area contributed by atoms with Crippen molar-refractivity contribution in [1.82, 2.24) is 10.2 Å². The summed E-state index contributed by atoms with van der Waals surface area (Å²) < 4.78 is 32.0. The quantitative estimate of drug-likeness (QED) is 0.306.